The maximum absolute atomic E-state index is 13.6. The van der Waals surface area contributed by atoms with Crippen molar-refractivity contribution in [2.45, 2.75) is 57.7 Å². The number of amides is 2. The molecule has 8 heteroatoms. The molecule has 0 aromatic heterocycles. The molecule has 3 aliphatic heterocycles. The first-order valence-electron chi connectivity index (χ1n) is 13.4. The van der Waals surface area contributed by atoms with Gasteiger partial charge >= 0.3 is 0 Å². The maximum atomic E-state index is 13.6. The minimum atomic E-state index is -0.292. The number of carbonyl (C=O) groups excluding carboxylic acids is 2. The summed E-state index contributed by atoms with van der Waals surface area (Å²) >= 11 is 12.6. The normalized spacial score (nSPS) is 25.7. The predicted molar refractivity (Wildman–Crippen MR) is 148 cm³/mol. The van der Waals surface area contributed by atoms with Crippen molar-refractivity contribution in [3.8, 4) is 0 Å². The van der Waals surface area contributed by atoms with Crippen molar-refractivity contribution >= 4 is 35.0 Å². The number of fused-ring (bicyclic) bond motifs is 4. The Kier molecular flexibility index (Phi) is 8.10. The third-order valence-electron chi connectivity index (χ3n) is 8.13. The Morgan fingerprint density at radius 2 is 1.78 bits per heavy atom. The molecule has 2 aromatic rings. The fraction of sp³-hybridized carbons (Fsp3) is 0.517. The Morgan fingerprint density at radius 1 is 1.00 bits per heavy atom. The molecule has 0 spiro atoms. The van der Waals surface area contributed by atoms with E-state index in [0.29, 0.717) is 59.8 Å². The quantitative estimate of drug-likeness (QED) is 0.571. The maximum Gasteiger partial charge on any atom is 0.254 e. The minimum Gasteiger partial charge on any atom is -0.334 e. The van der Waals surface area contributed by atoms with E-state index in [1.54, 1.807) is 6.07 Å². The van der Waals surface area contributed by atoms with Crippen molar-refractivity contribution in [1.82, 2.24) is 20.4 Å². The molecule has 3 saturated heterocycles. The smallest absolute Gasteiger partial charge is 0.254 e. The van der Waals surface area contributed by atoms with Crippen molar-refractivity contribution in [2.75, 3.05) is 32.7 Å². The molecular weight excluding hydrogens is 507 g/mol. The van der Waals surface area contributed by atoms with Gasteiger partial charge in [0.2, 0.25) is 5.91 Å². The van der Waals surface area contributed by atoms with Crippen LogP contribution in [0.1, 0.15) is 58.8 Å². The number of hydrogen-bond donors (Lipinski definition) is 2. The molecule has 4 unspecified atom stereocenters. The summed E-state index contributed by atoms with van der Waals surface area (Å²) in [6.07, 6.45) is 4.69. The standard InChI is InChI=1S/C29H36Cl2N4O2/c1-18-9-19(2)11-22(10-18)29(37)34-7-8-35(27(17-34)21-4-6-25(30)26(31)13-21)28(36)16-33-24-12-20-3-5-23(14-24)32-15-20/h4,6,9-11,13,20,23-24,27,32-33H,3,5,7-8,12,14-17H2,1-2H3. The Hall–Kier alpha value is -2.12. The summed E-state index contributed by atoms with van der Waals surface area (Å²) < 4.78 is 0. The van der Waals surface area contributed by atoms with E-state index in [1.807, 2.05) is 47.9 Å². The SMILES string of the molecule is Cc1cc(C)cc(C(=O)N2CCN(C(=O)CNC3CC4CCC(C3)NC4)C(c3ccc(Cl)c(Cl)c3)C2)c1. The molecule has 4 aliphatic rings. The van der Waals surface area contributed by atoms with E-state index in [-0.39, 0.29) is 17.9 Å². The number of benzene rings is 2. The summed E-state index contributed by atoms with van der Waals surface area (Å²) in [6.45, 7) is 6.77. The van der Waals surface area contributed by atoms with Crippen molar-refractivity contribution < 1.29 is 9.59 Å². The van der Waals surface area contributed by atoms with E-state index in [2.05, 4.69) is 16.7 Å². The monoisotopic (exact) mass is 542 g/mol. The lowest BCUT2D eigenvalue weighted by molar-refractivity contribution is -0.135. The molecule has 3 heterocycles. The van der Waals surface area contributed by atoms with Gasteiger partial charge in [-0.15, -0.1) is 0 Å². The number of rotatable bonds is 5. The van der Waals surface area contributed by atoms with Gasteiger partial charge in [-0.1, -0.05) is 46.5 Å². The molecule has 2 aromatic carbocycles. The van der Waals surface area contributed by atoms with Gasteiger partial charge < -0.3 is 20.4 Å². The highest BCUT2D eigenvalue weighted by molar-refractivity contribution is 6.42. The third-order valence-corrected chi connectivity index (χ3v) is 8.87. The molecule has 2 N–H and O–H groups in total. The van der Waals surface area contributed by atoms with Crippen LogP contribution in [0, 0.1) is 19.8 Å². The molecular formula is C29H36Cl2N4O2. The van der Waals surface area contributed by atoms with Crippen LogP contribution >= 0.6 is 23.2 Å². The number of nitrogens with one attached hydrogen (secondary N) is 2. The highest BCUT2D eigenvalue weighted by atomic mass is 35.5. The van der Waals surface area contributed by atoms with E-state index >= 15 is 0 Å². The van der Waals surface area contributed by atoms with Crippen molar-refractivity contribution in [1.29, 1.82) is 0 Å². The van der Waals surface area contributed by atoms with Crippen LogP contribution in [-0.4, -0.2) is 66.4 Å². The lowest BCUT2D eigenvalue weighted by atomic mass is 9.96. The van der Waals surface area contributed by atoms with Crippen LogP contribution in [0.4, 0.5) is 0 Å². The van der Waals surface area contributed by atoms with Crippen molar-refractivity contribution in [3.63, 3.8) is 0 Å². The molecule has 6 nitrogen and oxygen atoms in total. The summed E-state index contributed by atoms with van der Waals surface area (Å²) in [6, 6.07) is 12.0. The number of carbonyl (C=O) groups is 2. The first-order valence-corrected chi connectivity index (χ1v) is 14.1. The number of piperidine rings is 1. The largest absolute Gasteiger partial charge is 0.334 e. The van der Waals surface area contributed by atoms with E-state index in [4.69, 9.17) is 23.2 Å². The van der Waals surface area contributed by atoms with Crippen LogP contribution in [0.15, 0.2) is 36.4 Å². The van der Waals surface area contributed by atoms with Crippen LogP contribution in [0.3, 0.4) is 0 Å². The van der Waals surface area contributed by atoms with Gasteiger partial charge in [-0.05, 0) is 81.8 Å². The molecule has 4 atom stereocenters. The first kappa shape index (κ1) is 26.5. The molecule has 4 fully saturated rings. The molecule has 2 amide bonds. The fourth-order valence-corrected chi connectivity index (χ4v) is 6.58. The second-order valence-corrected chi connectivity index (χ2v) is 11.8. The number of halogens is 2. The first-order chi connectivity index (χ1) is 17.8. The molecule has 1 aliphatic carbocycles. The summed E-state index contributed by atoms with van der Waals surface area (Å²) in [4.78, 5) is 30.8. The number of hydrogen-bond acceptors (Lipinski definition) is 4. The van der Waals surface area contributed by atoms with E-state index in [0.717, 1.165) is 36.1 Å². The predicted octanol–water partition coefficient (Wildman–Crippen LogP) is 4.76. The zero-order valence-corrected chi connectivity index (χ0v) is 23.1. The molecule has 1 saturated carbocycles. The molecule has 0 radical (unpaired) electrons. The lowest BCUT2D eigenvalue weighted by Crippen LogP contribution is -2.54. The second-order valence-electron chi connectivity index (χ2n) is 11.0. The Bertz CT molecular complexity index is 1130. The topological polar surface area (TPSA) is 64.7 Å². The Labute approximate surface area is 229 Å². The average Bonchev–Trinajstić information content (AvgIpc) is 3.21. The van der Waals surface area contributed by atoms with Crippen LogP contribution in [0.2, 0.25) is 10.0 Å². The van der Waals surface area contributed by atoms with Crippen LogP contribution < -0.4 is 10.6 Å². The summed E-state index contributed by atoms with van der Waals surface area (Å²) in [5, 5.41) is 8.13. The van der Waals surface area contributed by atoms with Gasteiger partial charge in [0.15, 0.2) is 0 Å². The summed E-state index contributed by atoms with van der Waals surface area (Å²) in [5.74, 6) is 0.734. The zero-order valence-electron chi connectivity index (χ0n) is 21.6. The third kappa shape index (κ3) is 6.14. The number of nitrogens with zero attached hydrogens (tertiary/aromatic N) is 2. The van der Waals surface area contributed by atoms with Gasteiger partial charge in [-0.3, -0.25) is 9.59 Å². The second kappa shape index (κ2) is 11.3. The minimum absolute atomic E-state index is 0.0106. The van der Waals surface area contributed by atoms with Crippen LogP contribution in [0.5, 0.6) is 0 Å². The average molecular weight is 544 g/mol. The molecule has 2 bridgehead atoms. The van der Waals surface area contributed by atoms with Gasteiger partial charge in [0, 0.05) is 37.3 Å². The molecule has 6 rings (SSSR count). The van der Waals surface area contributed by atoms with Crippen LogP contribution in [-0.2, 0) is 4.79 Å². The van der Waals surface area contributed by atoms with Crippen molar-refractivity contribution in [3.05, 3.63) is 68.7 Å². The molecule has 198 valence electrons. The van der Waals surface area contributed by atoms with Gasteiger partial charge in [0.25, 0.3) is 5.91 Å². The Balaban J connectivity index is 1.32. The van der Waals surface area contributed by atoms with Gasteiger partial charge in [0.05, 0.1) is 22.6 Å². The Morgan fingerprint density at radius 3 is 2.49 bits per heavy atom. The number of piperazine rings is 1. The van der Waals surface area contributed by atoms with E-state index in [1.165, 1.54) is 12.8 Å². The van der Waals surface area contributed by atoms with Crippen molar-refractivity contribution in [2.24, 2.45) is 5.92 Å². The van der Waals surface area contributed by atoms with Gasteiger partial charge in [0.1, 0.15) is 0 Å². The van der Waals surface area contributed by atoms with Gasteiger partial charge in [-0.25, -0.2) is 0 Å². The summed E-state index contributed by atoms with van der Waals surface area (Å²) in [7, 11) is 0. The van der Waals surface area contributed by atoms with E-state index < -0.39 is 0 Å². The lowest BCUT2D eigenvalue weighted by Gasteiger charge is -2.42. The molecule has 37 heavy (non-hydrogen) atoms. The van der Waals surface area contributed by atoms with Crippen LogP contribution in [0.25, 0.3) is 0 Å². The fourth-order valence-electron chi connectivity index (χ4n) is 6.27. The van der Waals surface area contributed by atoms with Gasteiger partial charge in [-0.2, -0.15) is 0 Å². The summed E-state index contributed by atoms with van der Waals surface area (Å²) in [5.41, 5.74) is 3.69. The van der Waals surface area contributed by atoms with E-state index in [9.17, 15) is 9.59 Å². The highest BCUT2D eigenvalue weighted by Gasteiger charge is 2.35. The number of aryl methyl sites for hydroxylation is 2. The highest BCUT2D eigenvalue weighted by Crippen LogP contribution is 2.32. The zero-order chi connectivity index (χ0) is 26.1.